The Morgan fingerprint density at radius 3 is 2.09 bits per heavy atom. The van der Waals surface area contributed by atoms with Gasteiger partial charge in [-0.05, 0) is 94.4 Å². The normalized spacial score (nSPS) is 39.9. The lowest BCUT2D eigenvalue weighted by Crippen LogP contribution is -2.54. The van der Waals surface area contributed by atoms with Gasteiger partial charge < -0.3 is 0 Å². The molecule has 4 saturated carbocycles. The molecule has 4 nitrogen and oxygen atoms in total. The first-order valence-electron chi connectivity index (χ1n) is 12.4. The first-order valence-corrected chi connectivity index (χ1v) is 13.9. The van der Waals surface area contributed by atoms with Crippen LogP contribution in [-0.4, -0.2) is 52.8 Å². The number of halogens is 1. The molecular weight excluding hydrogens is 438 g/mol. The van der Waals surface area contributed by atoms with E-state index in [1.165, 1.54) is 38.5 Å². The van der Waals surface area contributed by atoms with Crippen LogP contribution in [0.3, 0.4) is 0 Å². The quantitative estimate of drug-likeness (QED) is 0.584. The lowest BCUT2D eigenvalue weighted by Gasteiger charge is -2.55. The van der Waals surface area contributed by atoms with E-state index in [0.717, 1.165) is 53.9 Å². The molecule has 1 aromatic carbocycles. The first kappa shape index (κ1) is 21.5. The number of thioether (sulfide) groups is 1. The van der Waals surface area contributed by atoms with Crippen molar-refractivity contribution in [2.24, 2.45) is 28.2 Å². The van der Waals surface area contributed by atoms with Crippen molar-refractivity contribution in [1.29, 1.82) is 0 Å². The number of nitrogens with zero attached hydrogens (tertiary/aromatic N) is 3. The Balaban J connectivity index is 1.47. The van der Waals surface area contributed by atoms with Crippen LogP contribution in [0.15, 0.2) is 29.3 Å². The minimum absolute atomic E-state index is 0.0399. The number of carbonyl (C=O) groups excluding carboxylic acids is 1. The Bertz CT molecular complexity index is 902. The van der Waals surface area contributed by atoms with Crippen molar-refractivity contribution in [3.05, 3.63) is 29.3 Å². The second-order valence-corrected chi connectivity index (χ2v) is 13.2. The molecule has 7 rings (SSSR count). The van der Waals surface area contributed by atoms with Gasteiger partial charge >= 0.3 is 0 Å². The van der Waals surface area contributed by atoms with Crippen LogP contribution < -0.4 is 4.90 Å². The van der Waals surface area contributed by atoms with E-state index in [4.69, 9.17) is 16.6 Å². The van der Waals surface area contributed by atoms with E-state index in [9.17, 15) is 4.79 Å². The highest BCUT2D eigenvalue weighted by molar-refractivity contribution is 7.99. The lowest BCUT2D eigenvalue weighted by molar-refractivity contribution is -0.125. The summed E-state index contributed by atoms with van der Waals surface area (Å²) < 4.78 is 0. The van der Waals surface area contributed by atoms with Gasteiger partial charge in [-0.3, -0.25) is 19.6 Å². The van der Waals surface area contributed by atoms with Gasteiger partial charge in [0.05, 0.1) is 22.7 Å². The van der Waals surface area contributed by atoms with Crippen LogP contribution in [0, 0.1) is 23.2 Å². The zero-order valence-corrected chi connectivity index (χ0v) is 20.8. The summed E-state index contributed by atoms with van der Waals surface area (Å²) >= 11 is 8.22. The monoisotopic (exact) mass is 471 g/mol. The average molecular weight is 472 g/mol. The van der Waals surface area contributed by atoms with Gasteiger partial charge in [0, 0.05) is 29.6 Å². The fraction of sp³-hybridized carbons (Fsp3) is 0.692. The molecule has 0 radical (unpaired) electrons. The molecule has 2 heterocycles. The van der Waals surface area contributed by atoms with Crippen LogP contribution in [0.25, 0.3) is 0 Å². The van der Waals surface area contributed by atoms with Crippen molar-refractivity contribution >= 4 is 40.8 Å². The van der Waals surface area contributed by atoms with E-state index in [2.05, 4.69) is 18.7 Å². The predicted molar refractivity (Wildman–Crippen MR) is 134 cm³/mol. The summed E-state index contributed by atoms with van der Waals surface area (Å²) in [5.41, 5.74) is 0.450. The third-order valence-corrected chi connectivity index (χ3v) is 9.96. The van der Waals surface area contributed by atoms with E-state index in [-0.39, 0.29) is 17.5 Å². The summed E-state index contributed by atoms with van der Waals surface area (Å²) in [5.74, 6) is 5.96. The molecule has 1 unspecified atom stereocenters. The smallest absolute Gasteiger partial charge is 0.240 e. The largest absolute Gasteiger partial charge is 0.291 e. The van der Waals surface area contributed by atoms with Crippen LogP contribution in [0.2, 0.25) is 5.02 Å². The summed E-state index contributed by atoms with van der Waals surface area (Å²) in [6, 6.07) is 7.80. The van der Waals surface area contributed by atoms with Crippen molar-refractivity contribution < 1.29 is 4.79 Å². The van der Waals surface area contributed by atoms with Gasteiger partial charge in [0.15, 0.2) is 0 Å². The zero-order valence-electron chi connectivity index (χ0n) is 19.2. The highest BCUT2D eigenvalue weighted by atomic mass is 35.5. The van der Waals surface area contributed by atoms with Gasteiger partial charge in [-0.2, -0.15) is 11.8 Å². The summed E-state index contributed by atoms with van der Waals surface area (Å²) in [6.07, 6.45) is 7.86. The molecule has 172 valence electrons. The third kappa shape index (κ3) is 3.45. The minimum Gasteiger partial charge on any atom is -0.291 e. The van der Waals surface area contributed by atoms with Gasteiger partial charge in [0.25, 0.3) is 0 Å². The molecule has 6 aliphatic rings. The van der Waals surface area contributed by atoms with Crippen LogP contribution in [-0.2, 0) is 4.79 Å². The minimum atomic E-state index is -0.497. The summed E-state index contributed by atoms with van der Waals surface area (Å²) in [6.45, 7) is 6.32. The van der Waals surface area contributed by atoms with Crippen LogP contribution >= 0.6 is 23.4 Å². The molecule has 1 aromatic rings. The van der Waals surface area contributed by atoms with Gasteiger partial charge in [0.1, 0.15) is 5.84 Å². The fourth-order valence-corrected chi connectivity index (χ4v) is 8.86. The van der Waals surface area contributed by atoms with Crippen molar-refractivity contribution in [3.8, 4) is 0 Å². The number of hydrogen-bond acceptors (Lipinski definition) is 4. The van der Waals surface area contributed by atoms with Gasteiger partial charge in [-0.15, -0.1) is 0 Å². The maximum absolute atomic E-state index is 13.9. The van der Waals surface area contributed by atoms with Crippen LogP contribution in [0.1, 0.15) is 52.4 Å². The predicted octanol–water partition coefficient (Wildman–Crippen LogP) is 5.50. The topological polar surface area (TPSA) is 35.9 Å². The first-order chi connectivity index (χ1) is 15.3. The van der Waals surface area contributed by atoms with Crippen LogP contribution in [0.5, 0.6) is 0 Å². The SMILES string of the molecule is CC1(C)C(=O)N(c2ccc(Cl)cc2)C(=NC23CC4CC(CC(C4)C2)C3)C1N1CCSCC1. The van der Waals surface area contributed by atoms with Gasteiger partial charge in [-0.1, -0.05) is 11.6 Å². The third-order valence-electron chi connectivity index (χ3n) is 8.76. The molecule has 6 heteroatoms. The molecular formula is C26H34ClN3OS. The van der Waals surface area contributed by atoms with E-state index >= 15 is 0 Å². The van der Waals surface area contributed by atoms with Gasteiger partial charge in [0.2, 0.25) is 5.91 Å². The number of carbonyl (C=O) groups is 1. The summed E-state index contributed by atoms with van der Waals surface area (Å²) in [4.78, 5) is 24.1. The molecule has 4 bridgehead atoms. The maximum atomic E-state index is 13.9. The van der Waals surface area contributed by atoms with Crippen molar-refractivity contribution in [2.75, 3.05) is 29.5 Å². The standard InChI is InChI=1S/C26H34ClN3OS/c1-25(2)22(29-7-9-32-10-8-29)23(30(24(25)31)21-5-3-20(27)4-6-21)28-26-14-17-11-18(15-26)13-19(12-17)16-26/h3-6,17-19,22H,7-16H2,1-2H3. The van der Waals surface area contributed by atoms with Crippen LogP contribution in [0.4, 0.5) is 5.69 Å². The second-order valence-electron chi connectivity index (χ2n) is 11.5. The molecule has 0 N–H and O–H groups in total. The summed E-state index contributed by atoms with van der Waals surface area (Å²) in [7, 11) is 0. The van der Waals surface area contributed by atoms with E-state index < -0.39 is 5.41 Å². The van der Waals surface area contributed by atoms with Crippen molar-refractivity contribution in [1.82, 2.24) is 4.90 Å². The fourth-order valence-electron chi connectivity index (χ4n) is 7.81. The lowest BCUT2D eigenvalue weighted by atomic mass is 9.53. The van der Waals surface area contributed by atoms with Crippen molar-refractivity contribution in [3.63, 3.8) is 0 Å². The molecule has 1 amide bonds. The van der Waals surface area contributed by atoms with E-state index in [1.807, 2.05) is 40.9 Å². The highest BCUT2D eigenvalue weighted by Crippen LogP contribution is 2.58. The number of rotatable bonds is 3. The molecule has 1 atom stereocenters. The highest BCUT2D eigenvalue weighted by Gasteiger charge is 2.57. The molecule has 0 aromatic heterocycles. The Morgan fingerprint density at radius 1 is 0.969 bits per heavy atom. The number of aliphatic imine (C=N–C) groups is 1. The van der Waals surface area contributed by atoms with E-state index in [1.54, 1.807) is 0 Å². The average Bonchev–Trinajstić information content (AvgIpc) is 2.93. The van der Waals surface area contributed by atoms with E-state index in [0.29, 0.717) is 5.02 Å². The number of hydrogen-bond donors (Lipinski definition) is 0. The second kappa shape index (κ2) is 7.74. The summed E-state index contributed by atoms with van der Waals surface area (Å²) in [5, 5.41) is 0.698. The number of anilines is 1. The zero-order chi connectivity index (χ0) is 22.1. The maximum Gasteiger partial charge on any atom is 0.240 e. The number of amidine groups is 1. The Labute approximate surface area is 201 Å². The van der Waals surface area contributed by atoms with Crippen molar-refractivity contribution in [2.45, 2.75) is 64.0 Å². The molecule has 6 fully saturated rings. The molecule has 4 aliphatic carbocycles. The Kier molecular flexibility index (Phi) is 5.20. The molecule has 2 saturated heterocycles. The molecule has 32 heavy (non-hydrogen) atoms. The number of benzene rings is 1. The molecule has 2 aliphatic heterocycles. The number of amides is 1. The Hall–Kier alpha value is -1.04. The molecule has 0 spiro atoms. The van der Waals surface area contributed by atoms with Gasteiger partial charge in [-0.25, -0.2) is 0 Å². The Morgan fingerprint density at radius 2 is 1.53 bits per heavy atom.